The molecule has 0 spiro atoms. The molecule has 1 heterocycles. The molecule has 0 aliphatic carbocycles. The fourth-order valence-electron chi connectivity index (χ4n) is 2.32. The van der Waals surface area contributed by atoms with Gasteiger partial charge in [-0.1, -0.05) is 30.3 Å². The standard InChI is InChI=1S/C17H15FN2/c1-12-16(11-13-5-3-2-4-6-13)17(20-19-12)14-7-9-15(18)10-8-14/h2-10H,11H2,1H3,(H,19,20). The molecular weight excluding hydrogens is 251 g/mol. The maximum Gasteiger partial charge on any atom is 0.123 e. The fraction of sp³-hybridized carbons (Fsp3) is 0.118. The molecule has 0 atom stereocenters. The first-order chi connectivity index (χ1) is 9.74. The zero-order chi connectivity index (χ0) is 13.9. The Morgan fingerprint density at radius 2 is 1.70 bits per heavy atom. The third kappa shape index (κ3) is 2.48. The summed E-state index contributed by atoms with van der Waals surface area (Å²) in [5, 5.41) is 7.39. The van der Waals surface area contributed by atoms with Crippen LogP contribution < -0.4 is 0 Å². The summed E-state index contributed by atoms with van der Waals surface area (Å²) in [5.41, 5.74) is 5.27. The number of H-pyrrole nitrogens is 1. The quantitative estimate of drug-likeness (QED) is 0.759. The number of aromatic nitrogens is 2. The minimum atomic E-state index is -0.231. The Bertz CT molecular complexity index is 700. The van der Waals surface area contributed by atoms with Crippen molar-refractivity contribution in [3.63, 3.8) is 0 Å². The summed E-state index contributed by atoms with van der Waals surface area (Å²) >= 11 is 0. The molecule has 1 N–H and O–H groups in total. The number of nitrogens with zero attached hydrogens (tertiary/aromatic N) is 1. The van der Waals surface area contributed by atoms with Gasteiger partial charge in [-0.25, -0.2) is 4.39 Å². The summed E-state index contributed by atoms with van der Waals surface area (Å²) < 4.78 is 13.0. The highest BCUT2D eigenvalue weighted by Gasteiger charge is 2.12. The van der Waals surface area contributed by atoms with Crippen LogP contribution in [0.25, 0.3) is 11.3 Å². The number of aryl methyl sites for hydroxylation is 1. The number of nitrogens with one attached hydrogen (secondary N) is 1. The van der Waals surface area contributed by atoms with Gasteiger partial charge >= 0.3 is 0 Å². The highest BCUT2D eigenvalue weighted by molar-refractivity contribution is 5.64. The van der Waals surface area contributed by atoms with Crippen molar-refractivity contribution in [2.75, 3.05) is 0 Å². The first-order valence-corrected chi connectivity index (χ1v) is 6.58. The lowest BCUT2D eigenvalue weighted by Crippen LogP contribution is -1.92. The highest BCUT2D eigenvalue weighted by atomic mass is 19.1. The number of hydrogen-bond acceptors (Lipinski definition) is 1. The molecule has 0 aliphatic rings. The highest BCUT2D eigenvalue weighted by Crippen LogP contribution is 2.26. The lowest BCUT2D eigenvalue weighted by atomic mass is 9.99. The molecule has 1 aromatic heterocycles. The van der Waals surface area contributed by atoms with E-state index in [1.807, 2.05) is 25.1 Å². The number of halogens is 1. The minimum absolute atomic E-state index is 0.231. The van der Waals surface area contributed by atoms with E-state index >= 15 is 0 Å². The molecule has 100 valence electrons. The van der Waals surface area contributed by atoms with Crippen LogP contribution in [0.1, 0.15) is 16.8 Å². The average molecular weight is 266 g/mol. The first kappa shape index (κ1) is 12.6. The van der Waals surface area contributed by atoms with Crippen molar-refractivity contribution < 1.29 is 4.39 Å². The van der Waals surface area contributed by atoms with E-state index in [9.17, 15) is 4.39 Å². The van der Waals surface area contributed by atoms with Crippen LogP contribution in [0.3, 0.4) is 0 Å². The largest absolute Gasteiger partial charge is 0.282 e. The summed E-state index contributed by atoms with van der Waals surface area (Å²) in [6.45, 7) is 2.01. The predicted molar refractivity (Wildman–Crippen MR) is 78.0 cm³/mol. The van der Waals surface area contributed by atoms with Crippen molar-refractivity contribution in [2.45, 2.75) is 13.3 Å². The molecule has 0 bridgehead atoms. The molecule has 0 unspecified atom stereocenters. The van der Waals surface area contributed by atoms with E-state index in [4.69, 9.17) is 0 Å². The predicted octanol–water partition coefficient (Wildman–Crippen LogP) is 4.12. The lowest BCUT2D eigenvalue weighted by molar-refractivity contribution is 0.628. The molecule has 0 amide bonds. The van der Waals surface area contributed by atoms with Crippen LogP contribution in [0.4, 0.5) is 4.39 Å². The molecular formula is C17H15FN2. The Morgan fingerprint density at radius 1 is 1.00 bits per heavy atom. The van der Waals surface area contributed by atoms with Crippen molar-refractivity contribution in [2.24, 2.45) is 0 Å². The van der Waals surface area contributed by atoms with Gasteiger partial charge in [0.25, 0.3) is 0 Å². The molecule has 3 aromatic rings. The summed E-state index contributed by atoms with van der Waals surface area (Å²) in [6.07, 6.45) is 0.815. The fourth-order valence-corrected chi connectivity index (χ4v) is 2.32. The van der Waals surface area contributed by atoms with Gasteiger partial charge < -0.3 is 0 Å². The van der Waals surface area contributed by atoms with Gasteiger partial charge in [0.15, 0.2) is 0 Å². The number of aromatic amines is 1. The monoisotopic (exact) mass is 266 g/mol. The van der Waals surface area contributed by atoms with Gasteiger partial charge in [-0.15, -0.1) is 0 Å². The van der Waals surface area contributed by atoms with Crippen LogP contribution in [-0.2, 0) is 6.42 Å². The third-order valence-corrected chi connectivity index (χ3v) is 3.42. The van der Waals surface area contributed by atoms with E-state index in [-0.39, 0.29) is 5.82 Å². The number of rotatable bonds is 3. The van der Waals surface area contributed by atoms with Crippen LogP contribution >= 0.6 is 0 Å². The van der Waals surface area contributed by atoms with Gasteiger partial charge in [0.05, 0.1) is 5.69 Å². The zero-order valence-corrected chi connectivity index (χ0v) is 11.2. The Labute approximate surface area is 117 Å². The van der Waals surface area contributed by atoms with Gasteiger partial charge in [0, 0.05) is 23.2 Å². The zero-order valence-electron chi connectivity index (χ0n) is 11.2. The second kappa shape index (κ2) is 5.29. The van der Waals surface area contributed by atoms with Crippen molar-refractivity contribution in [3.8, 4) is 11.3 Å². The molecule has 0 fully saturated rings. The van der Waals surface area contributed by atoms with Crippen molar-refractivity contribution in [3.05, 3.63) is 77.2 Å². The van der Waals surface area contributed by atoms with E-state index in [0.717, 1.165) is 28.9 Å². The Kier molecular flexibility index (Phi) is 3.33. The maximum absolute atomic E-state index is 13.0. The summed E-state index contributed by atoms with van der Waals surface area (Å²) in [7, 11) is 0. The van der Waals surface area contributed by atoms with Crippen LogP contribution in [-0.4, -0.2) is 10.2 Å². The van der Waals surface area contributed by atoms with E-state index in [1.54, 1.807) is 12.1 Å². The SMILES string of the molecule is Cc1[nH]nc(-c2ccc(F)cc2)c1Cc1ccccc1. The minimum Gasteiger partial charge on any atom is -0.282 e. The van der Waals surface area contributed by atoms with E-state index < -0.39 is 0 Å². The first-order valence-electron chi connectivity index (χ1n) is 6.58. The van der Waals surface area contributed by atoms with Crippen LogP contribution in [0, 0.1) is 12.7 Å². The molecule has 0 aliphatic heterocycles. The van der Waals surface area contributed by atoms with Crippen molar-refractivity contribution in [1.29, 1.82) is 0 Å². The molecule has 20 heavy (non-hydrogen) atoms. The number of hydrogen-bond donors (Lipinski definition) is 1. The second-order valence-corrected chi connectivity index (χ2v) is 4.85. The van der Waals surface area contributed by atoms with E-state index in [0.29, 0.717) is 0 Å². The molecule has 3 rings (SSSR count). The third-order valence-electron chi connectivity index (χ3n) is 3.42. The van der Waals surface area contributed by atoms with Gasteiger partial charge in [-0.2, -0.15) is 5.10 Å². The van der Waals surface area contributed by atoms with E-state index in [1.165, 1.54) is 17.7 Å². The normalized spacial score (nSPS) is 10.7. The smallest absolute Gasteiger partial charge is 0.123 e. The number of benzene rings is 2. The van der Waals surface area contributed by atoms with Crippen molar-refractivity contribution in [1.82, 2.24) is 10.2 Å². The average Bonchev–Trinajstić information content (AvgIpc) is 2.83. The van der Waals surface area contributed by atoms with Gasteiger partial charge in [0.2, 0.25) is 0 Å². The van der Waals surface area contributed by atoms with Gasteiger partial charge in [0.1, 0.15) is 5.82 Å². The van der Waals surface area contributed by atoms with Crippen molar-refractivity contribution >= 4 is 0 Å². The molecule has 0 saturated heterocycles. The molecule has 2 aromatic carbocycles. The topological polar surface area (TPSA) is 28.7 Å². The molecule has 0 saturated carbocycles. The maximum atomic E-state index is 13.0. The van der Waals surface area contributed by atoms with E-state index in [2.05, 4.69) is 22.3 Å². The molecule has 2 nitrogen and oxygen atoms in total. The summed E-state index contributed by atoms with van der Waals surface area (Å²) in [5.74, 6) is -0.231. The Balaban J connectivity index is 1.99. The van der Waals surface area contributed by atoms with Crippen LogP contribution in [0.15, 0.2) is 54.6 Å². The Morgan fingerprint density at radius 3 is 2.40 bits per heavy atom. The molecule has 0 radical (unpaired) electrons. The Hall–Kier alpha value is -2.42. The van der Waals surface area contributed by atoms with Gasteiger partial charge in [-0.05, 0) is 36.8 Å². The summed E-state index contributed by atoms with van der Waals surface area (Å²) in [4.78, 5) is 0. The lowest BCUT2D eigenvalue weighted by Gasteiger charge is -2.05. The second-order valence-electron chi connectivity index (χ2n) is 4.85. The van der Waals surface area contributed by atoms with Crippen LogP contribution in [0.2, 0.25) is 0 Å². The molecule has 3 heteroatoms. The van der Waals surface area contributed by atoms with Gasteiger partial charge in [-0.3, -0.25) is 5.10 Å². The summed E-state index contributed by atoms with van der Waals surface area (Å²) in [6, 6.07) is 16.7. The van der Waals surface area contributed by atoms with Crippen LogP contribution in [0.5, 0.6) is 0 Å².